The van der Waals surface area contributed by atoms with Gasteiger partial charge in [-0.1, -0.05) is 38.1 Å². The van der Waals surface area contributed by atoms with E-state index in [1.54, 1.807) is 0 Å². The molecule has 3 rings (SSSR count). The lowest BCUT2D eigenvalue weighted by Gasteiger charge is -2.30. The van der Waals surface area contributed by atoms with Crippen LogP contribution in [0.4, 0.5) is 0 Å². The molecule has 0 spiro atoms. The molecule has 1 fully saturated rings. The van der Waals surface area contributed by atoms with Gasteiger partial charge in [0.2, 0.25) is 15.9 Å². The molecule has 8 heteroatoms. The lowest BCUT2D eigenvalue weighted by Crippen LogP contribution is -2.42. The third-order valence-electron chi connectivity index (χ3n) is 6.24. The first kappa shape index (κ1) is 24.9. The van der Waals surface area contributed by atoms with Crippen molar-refractivity contribution in [2.24, 2.45) is 5.92 Å². The fourth-order valence-electron chi connectivity index (χ4n) is 4.01. The van der Waals surface area contributed by atoms with E-state index in [1.165, 1.54) is 34.1 Å². The highest BCUT2D eigenvalue weighted by atomic mass is 32.2. The Morgan fingerprint density at radius 3 is 2.15 bits per heavy atom. The fraction of sp³-hybridized carbons (Fsp3) is 0.440. The van der Waals surface area contributed by atoms with Crippen molar-refractivity contribution < 1.29 is 13.2 Å². The Morgan fingerprint density at radius 2 is 1.61 bits per heavy atom. The molecule has 33 heavy (non-hydrogen) atoms. The Hall–Kier alpha value is -2.73. The van der Waals surface area contributed by atoms with Gasteiger partial charge in [0.25, 0.3) is 0 Å². The van der Waals surface area contributed by atoms with Crippen molar-refractivity contribution in [3.8, 4) is 6.07 Å². The summed E-state index contributed by atoms with van der Waals surface area (Å²) in [5, 5.41) is 11.9. The van der Waals surface area contributed by atoms with Crippen LogP contribution in [0.5, 0.6) is 0 Å². The van der Waals surface area contributed by atoms with Gasteiger partial charge in [0, 0.05) is 32.1 Å². The number of rotatable bonds is 9. The summed E-state index contributed by atoms with van der Waals surface area (Å²) in [7, 11) is -3.62. The Kier molecular flexibility index (Phi) is 8.61. The van der Waals surface area contributed by atoms with E-state index in [0.717, 1.165) is 25.2 Å². The third-order valence-corrected chi connectivity index (χ3v) is 8.15. The number of sulfonamides is 1. The first-order chi connectivity index (χ1) is 15.9. The van der Waals surface area contributed by atoms with Gasteiger partial charge in [-0.25, -0.2) is 8.42 Å². The number of hydrogen-bond donors (Lipinski definition) is 1. The van der Waals surface area contributed by atoms with Gasteiger partial charge in [-0.2, -0.15) is 9.57 Å². The molecule has 1 aliphatic heterocycles. The molecule has 0 saturated carbocycles. The molecule has 1 N–H and O–H groups in total. The minimum absolute atomic E-state index is 0.0300. The van der Waals surface area contributed by atoms with Gasteiger partial charge >= 0.3 is 0 Å². The molecule has 176 valence electrons. The Bertz CT molecular complexity index is 1060. The maximum Gasteiger partial charge on any atom is 0.243 e. The van der Waals surface area contributed by atoms with Crippen molar-refractivity contribution in [1.29, 1.82) is 5.26 Å². The number of hydrogen-bond acceptors (Lipinski definition) is 5. The second kappa shape index (κ2) is 11.4. The molecule has 1 saturated heterocycles. The van der Waals surface area contributed by atoms with Gasteiger partial charge < -0.3 is 5.32 Å². The fourth-order valence-corrected chi connectivity index (χ4v) is 5.48. The summed E-state index contributed by atoms with van der Waals surface area (Å²) in [6.45, 7) is 8.34. The standard InChI is InChI=1S/C25H32N4O3S/c1-3-28(4-2)19-22-7-5-21(6-8-22)18-27-25(30)23-13-15-29(16-14-23)33(31,32)24-11-9-20(17-26)10-12-24/h5-12,23H,3-4,13-16,18-19H2,1-2H3,(H,27,30). The molecule has 0 aliphatic carbocycles. The van der Waals surface area contributed by atoms with Crippen LogP contribution in [0.2, 0.25) is 0 Å². The van der Waals surface area contributed by atoms with Crippen LogP contribution in [0, 0.1) is 17.2 Å². The highest BCUT2D eigenvalue weighted by Crippen LogP contribution is 2.24. The number of carbonyl (C=O) groups excluding carboxylic acids is 1. The average molecular weight is 469 g/mol. The van der Waals surface area contributed by atoms with Gasteiger partial charge in [-0.05, 0) is 61.3 Å². The molecule has 7 nitrogen and oxygen atoms in total. The van der Waals surface area contributed by atoms with E-state index < -0.39 is 10.0 Å². The van der Waals surface area contributed by atoms with Crippen LogP contribution in [-0.4, -0.2) is 49.7 Å². The van der Waals surface area contributed by atoms with Crippen molar-refractivity contribution in [1.82, 2.24) is 14.5 Å². The predicted molar refractivity (Wildman–Crippen MR) is 128 cm³/mol. The lowest BCUT2D eigenvalue weighted by molar-refractivity contribution is -0.126. The zero-order chi connectivity index (χ0) is 23.8. The van der Waals surface area contributed by atoms with E-state index in [2.05, 4.69) is 36.2 Å². The van der Waals surface area contributed by atoms with Crippen LogP contribution in [0.1, 0.15) is 43.4 Å². The van der Waals surface area contributed by atoms with Gasteiger partial charge in [-0.3, -0.25) is 9.69 Å². The minimum Gasteiger partial charge on any atom is -0.352 e. The summed E-state index contributed by atoms with van der Waals surface area (Å²) in [4.78, 5) is 15.2. The molecule has 0 radical (unpaired) electrons. The van der Waals surface area contributed by atoms with Crippen LogP contribution in [-0.2, 0) is 27.9 Å². The van der Waals surface area contributed by atoms with Crippen molar-refractivity contribution in [2.75, 3.05) is 26.2 Å². The summed E-state index contributed by atoms with van der Waals surface area (Å²) in [5.41, 5.74) is 2.72. The molecule has 2 aromatic rings. The predicted octanol–water partition coefficient (Wildman–Crippen LogP) is 3.12. The second-order valence-electron chi connectivity index (χ2n) is 8.31. The molecular formula is C25H32N4O3S. The zero-order valence-corrected chi connectivity index (χ0v) is 20.1. The van der Waals surface area contributed by atoms with E-state index in [9.17, 15) is 13.2 Å². The zero-order valence-electron chi connectivity index (χ0n) is 19.3. The summed E-state index contributed by atoms with van der Waals surface area (Å²) >= 11 is 0. The molecule has 1 heterocycles. The largest absolute Gasteiger partial charge is 0.352 e. The normalized spacial score (nSPS) is 15.3. The quantitative estimate of drug-likeness (QED) is 0.610. The number of nitriles is 1. The number of piperidine rings is 1. The first-order valence-electron chi connectivity index (χ1n) is 11.5. The lowest BCUT2D eigenvalue weighted by atomic mass is 9.97. The molecular weight excluding hydrogens is 436 g/mol. The van der Waals surface area contributed by atoms with Crippen molar-refractivity contribution >= 4 is 15.9 Å². The second-order valence-corrected chi connectivity index (χ2v) is 10.2. The van der Waals surface area contributed by atoms with Crippen LogP contribution >= 0.6 is 0 Å². The molecule has 0 atom stereocenters. The number of amides is 1. The molecule has 1 aliphatic rings. The topological polar surface area (TPSA) is 93.5 Å². The SMILES string of the molecule is CCN(CC)Cc1ccc(CNC(=O)C2CCN(S(=O)(=O)c3ccc(C#N)cc3)CC2)cc1. The number of nitrogens with zero attached hydrogens (tertiary/aromatic N) is 3. The molecule has 0 bridgehead atoms. The Balaban J connectivity index is 1.48. The summed E-state index contributed by atoms with van der Waals surface area (Å²) < 4.78 is 27.1. The number of benzene rings is 2. The van der Waals surface area contributed by atoms with Gasteiger partial charge in [0.15, 0.2) is 0 Å². The van der Waals surface area contributed by atoms with Gasteiger partial charge in [-0.15, -0.1) is 0 Å². The van der Waals surface area contributed by atoms with Gasteiger partial charge in [0.05, 0.1) is 16.5 Å². The smallest absolute Gasteiger partial charge is 0.243 e. The first-order valence-corrected chi connectivity index (χ1v) is 12.9. The van der Waals surface area contributed by atoms with E-state index >= 15 is 0 Å². The Labute approximate surface area is 197 Å². The highest BCUT2D eigenvalue weighted by molar-refractivity contribution is 7.89. The summed E-state index contributed by atoms with van der Waals surface area (Å²) in [6, 6.07) is 16.2. The van der Waals surface area contributed by atoms with Crippen LogP contribution in [0.25, 0.3) is 0 Å². The van der Waals surface area contributed by atoms with Crippen LogP contribution < -0.4 is 5.32 Å². The maximum atomic E-state index is 12.8. The maximum absolute atomic E-state index is 12.8. The average Bonchev–Trinajstić information content (AvgIpc) is 2.86. The molecule has 2 aromatic carbocycles. The minimum atomic E-state index is -3.62. The molecule has 0 aromatic heterocycles. The summed E-state index contributed by atoms with van der Waals surface area (Å²) in [5.74, 6) is -0.225. The van der Waals surface area contributed by atoms with E-state index in [1.807, 2.05) is 18.2 Å². The summed E-state index contributed by atoms with van der Waals surface area (Å²) in [6.07, 6.45) is 0.980. The van der Waals surface area contributed by atoms with Crippen LogP contribution in [0.3, 0.4) is 0 Å². The molecule has 1 amide bonds. The van der Waals surface area contributed by atoms with Crippen LogP contribution in [0.15, 0.2) is 53.4 Å². The van der Waals surface area contributed by atoms with E-state index in [-0.39, 0.29) is 16.7 Å². The highest BCUT2D eigenvalue weighted by Gasteiger charge is 2.32. The van der Waals surface area contributed by atoms with Crippen molar-refractivity contribution in [2.45, 2.75) is 44.7 Å². The van der Waals surface area contributed by atoms with Crippen molar-refractivity contribution in [3.05, 3.63) is 65.2 Å². The molecule has 0 unspecified atom stereocenters. The van der Waals surface area contributed by atoms with E-state index in [0.29, 0.717) is 38.0 Å². The Morgan fingerprint density at radius 1 is 1.03 bits per heavy atom. The monoisotopic (exact) mass is 468 g/mol. The third kappa shape index (κ3) is 6.41. The van der Waals surface area contributed by atoms with Gasteiger partial charge in [0.1, 0.15) is 0 Å². The number of nitrogens with one attached hydrogen (secondary N) is 1. The number of carbonyl (C=O) groups is 1. The van der Waals surface area contributed by atoms with Crippen molar-refractivity contribution in [3.63, 3.8) is 0 Å². The van der Waals surface area contributed by atoms with E-state index in [4.69, 9.17) is 5.26 Å².